The highest BCUT2D eigenvalue weighted by atomic mass is 16.7. The molecule has 5 rings (SSSR count). The molecule has 0 amide bonds. The zero-order valence-electron chi connectivity index (χ0n) is 10.6. The minimum atomic E-state index is -0.368. The zero-order chi connectivity index (χ0) is 13.3. The van der Waals surface area contributed by atoms with Crippen LogP contribution in [0, 0.1) is 11.3 Å². The van der Waals surface area contributed by atoms with E-state index in [1.165, 1.54) is 0 Å². The number of rotatable bonds is 0. The summed E-state index contributed by atoms with van der Waals surface area (Å²) in [7, 11) is 0. The Morgan fingerprint density at radius 3 is 3.15 bits per heavy atom. The molecule has 3 atom stereocenters. The van der Waals surface area contributed by atoms with Crippen LogP contribution in [0.3, 0.4) is 0 Å². The summed E-state index contributed by atoms with van der Waals surface area (Å²) in [6.07, 6.45) is 0.857. The summed E-state index contributed by atoms with van der Waals surface area (Å²) < 4.78 is 13.6. The smallest absolute Gasteiger partial charge is 0.280 e. The van der Waals surface area contributed by atoms with Crippen molar-refractivity contribution in [3.8, 4) is 6.07 Å². The number of para-hydroxylation sites is 2. The van der Waals surface area contributed by atoms with Gasteiger partial charge in [-0.2, -0.15) is 5.26 Å². The van der Waals surface area contributed by atoms with Crippen molar-refractivity contribution in [2.45, 2.75) is 24.5 Å². The fraction of sp³-hybridized carbons (Fsp3) is 0.333. The summed E-state index contributed by atoms with van der Waals surface area (Å²) in [4.78, 5) is 4.68. The number of ether oxygens (including phenoxy) is 2. The van der Waals surface area contributed by atoms with Crippen molar-refractivity contribution in [3.05, 3.63) is 41.6 Å². The molecule has 4 bridgehead atoms. The first kappa shape index (κ1) is 10.3. The minimum absolute atomic E-state index is 0.0322. The molecule has 3 unspecified atom stereocenters. The molecule has 5 heteroatoms. The molecule has 1 fully saturated rings. The van der Waals surface area contributed by atoms with Gasteiger partial charge in [0.1, 0.15) is 18.3 Å². The molecule has 1 aromatic heterocycles. The molecule has 20 heavy (non-hydrogen) atoms. The average Bonchev–Trinajstić information content (AvgIpc) is 3.07. The maximum absolute atomic E-state index is 9.55. The van der Waals surface area contributed by atoms with Gasteiger partial charge in [0.15, 0.2) is 6.10 Å². The van der Waals surface area contributed by atoms with Crippen molar-refractivity contribution in [3.63, 3.8) is 0 Å². The van der Waals surface area contributed by atoms with Gasteiger partial charge in [-0.25, -0.2) is 4.98 Å². The van der Waals surface area contributed by atoms with Crippen LogP contribution in [0.25, 0.3) is 11.0 Å². The second-order valence-electron chi connectivity index (χ2n) is 5.44. The van der Waals surface area contributed by atoms with E-state index in [4.69, 9.17) is 9.47 Å². The van der Waals surface area contributed by atoms with Gasteiger partial charge in [0.2, 0.25) is 0 Å². The summed E-state index contributed by atoms with van der Waals surface area (Å²) in [5.41, 5.74) is 2.97. The third-order valence-corrected chi connectivity index (χ3v) is 4.45. The Balaban J connectivity index is 1.88. The van der Waals surface area contributed by atoms with Crippen molar-refractivity contribution in [2.24, 2.45) is 0 Å². The summed E-state index contributed by atoms with van der Waals surface area (Å²) >= 11 is 0. The number of hydrogen-bond donors (Lipinski definition) is 0. The second-order valence-corrected chi connectivity index (χ2v) is 5.44. The van der Waals surface area contributed by atoms with Crippen LogP contribution >= 0.6 is 0 Å². The molecule has 0 radical (unpaired) electrons. The minimum Gasteiger partial charge on any atom is -0.461 e. The molecule has 1 saturated heterocycles. The predicted molar refractivity (Wildman–Crippen MR) is 69.6 cm³/mol. The van der Waals surface area contributed by atoms with Gasteiger partial charge in [0, 0.05) is 12.0 Å². The van der Waals surface area contributed by atoms with Crippen LogP contribution in [0.4, 0.5) is 0 Å². The van der Waals surface area contributed by atoms with E-state index < -0.39 is 0 Å². The number of aromatic nitrogens is 2. The van der Waals surface area contributed by atoms with E-state index in [0.717, 1.165) is 28.9 Å². The summed E-state index contributed by atoms with van der Waals surface area (Å²) in [5, 5.41) is 9.55. The number of nitrogens with zero attached hydrogens (tertiary/aromatic N) is 3. The van der Waals surface area contributed by atoms with Crippen molar-refractivity contribution in [1.82, 2.24) is 9.55 Å². The molecule has 3 aliphatic rings. The topological polar surface area (TPSA) is 60.1 Å². The Bertz CT molecular complexity index is 814. The first-order valence-corrected chi connectivity index (χ1v) is 6.76. The van der Waals surface area contributed by atoms with Gasteiger partial charge in [-0.15, -0.1) is 0 Å². The van der Waals surface area contributed by atoms with E-state index in [0.29, 0.717) is 12.6 Å². The summed E-state index contributed by atoms with van der Waals surface area (Å²) in [6.45, 7) is 0.563. The third-order valence-electron chi connectivity index (χ3n) is 4.45. The summed E-state index contributed by atoms with van der Waals surface area (Å²) in [5.74, 6) is 1.03. The lowest BCUT2D eigenvalue weighted by Crippen LogP contribution is -2.35. The van der Waals surface area contributed by atoms with Gasteiger partial charge < -0.3 is 14.0 Å². The number of hydrogen-bond acceptors (Lipinski definition) is 4. The Labute approximate surface area is 115 Å². The van der Waals surface area contributed by atoms with E-state index in [1.54, 1.807) is 0 Å². The molecule has 0 aliphatic carbocycles. The average molecular weight is 265 g/mol. The first-order chi connectivity index (χ1) is 9.86. The molecule has 5 nitrogen and oxygen atoms in total. The largest absolute Gasteiger partial charge is 0.461 e. The number of nitriles is 1. The highest BCUT2D eigenvalue weighted by Gasteiger charge is 2.48. The fourth-order valence-electron chi connectivity index (χ4n) is 3.56. The Morgan fingerprint density at radius 1 is 1.35 bits per heavy atom. The van der Waals surface area contributed by atoms with E-state index >= 15 is 0 Å². The third kappa shape index (κ3) is 1.06. The van der Waals surface area contributed by atoms with Crippen molar-refractivity contribution < 1.29 is 9.47 Å². The maximum atomic E-state index is 9.55. The van der Waals surface area contributed by atoms with Gasteiger partial charge in [0.05, 0.1) is 23.1 Å². The lowest BCUT2D eigenvalue weighted by molar-refractivity contribution is 0.0737. The molecule has 2 aromatic rings. The van der Waals surface area contributed by atoms with E-state index in [-0.39, 0.29) is 18.1 Å². The first-order valence-electron chi connectivity index (χ1n) is 6.76. The lowest BCUT2D eigenvalue weighted by Gasteiger charge is -2.35. The molecule has 0 N–H and O–H groups in total. The SMILES string of the molecule is N#CC1C2=C3OCC(O3)C(C2)n2c1nc1ccccc12. The fourth-order valence-corrected chi connectivity index (χ4v) is 3.56. The zero-order valence-corrected chi connectivity index (χ0v) is 10.6. The predicted octanol–water partition coefficient (Wildman–Crippen LogP) is 2.23. The highest BCUT2D eigenvalue weighted by Crippen LogP contribution is 2.49. The van der Waals surface area contributed by atoms with Crippen LogP contribution in [0.1, 0.15) is 24.2 Å². The summed E-state index contributed by atoms with van der Waals surface area (Å²) in [6, 6.07) is 10.6. The van der Waals surface area contributed by atoms with Crippen LogP contribution in [0.15, 0.2) is 35.8 Å². The number of benzene rings is 1. The molecule has 4 heterocycles. The second kappa shape index (κ2) is 3.34. The lowest BCUT2D eigenvalue weighted by atomic mass is 9.86. The van der Waals surface area contributed by atoms with Crippen molar-refractivity contribution in [2.75, 3.05) is 6.61 Å². The van der Waals surface area contributed by atoms with Gasteiger partial charge >= 0.3 is 0 Å². The van der Waals surface area contributed by atoms with E-state index in [9.17, 15) is 5.26 Å². The van der Waals surface area contributed by atoms with E-state index in [1.807, 2.05) is 18.2 Å². The number of fused-ring (bicyclic) bond motifs is 9. The molecule has 3 aliphatic heterocycles. The van der Waals surface area contributed by atoms with Crippen LogP contribution in [0.2, 0.25) is 0 Å². The van der Waals surface area contributed by atoms with Gasteiger partial charge in [-0.1, -0.05) is 12.1 Å². The van der Waals surface area contributed by atoms with Crippen LogP contribution in [0.5, 0.6) is 0 Å². The van der Waals surface area contributed by atoms with Crippen LogP contribution in [-0.2, 0) is 9.47 Å². The van der Waals surface area contributed by atoms with Crippen LogP contribution < -0.4 is 0 Å². The molecule has 0 spiro atoms. The maximum Gasteiger partial charge on any atom is 0.280 e. The highest BCUT2D eigenvalue weighted by molar-refractivity contribution is 5.77. The van der Waals surface area contributed by atoms with Gasteiger partial charge in [0.25, 0.3) is 5.95 Å². The molecular formula is C15H11N3O2. The number of allylic oxidation sites excluding steroid dienone is 1. The van der Waals surface area contributed by atoms with Gasteiger partial charge in [-0.05, 0) is 12.1 Å². The standard InChI is InChI=1S/C15H11N3O2/c16-6-9-8-5-12(13-7-19-15(8)20-13)18-11-4-2-1-3-10(11)17-14(9)18/h1-4,9,12-13H,5,7H2. The Kier molecular flexibility index (Phi) is 1.72. The Morgan fingerprint density at radius 2 is 2.25 bits per heavy atom. The quantitative estimate of drug-likeness (QED) is 0.733. The monoisotopic (exact) mass is 265 g/mol. The Hall–Kier alpha value is -2.48. The number of imidazole rings is 1. The van der Waals surface area contributed by atoms with Crippen molar-refractivity contribution >= 4 is 11.0 Å². The van der Waals surface area contributed by atoms with Gasteiger partial charge in [-0.3, -0.25) is 0 Å². The van der Waals surface area contributed by atoms with E-state index in [2.05, 4.69) is 21.7 Å². The molecule has 98 valence electrons. The van der Waals surface area contributed by atoms with Crippen LogP contribution in [-0.4, -0.2) is 22.3 Å². The molecule has 1 aromatic carbocycles. The molecular weight excluding hydrogens is 254 g/mol. The molecule has 0 saturated carbocycles. The van der Waals surface area contributed by atoms with Crippen molar-refractivity contribution in [1.29, 1.82) is 5.26 Å². The normalized spacial score (nSPS) is 29.6.